The second-order valence-corrected chi connectivity index (χ2v) is 3.39. The highest BCUT2D eigenvalue weighted by molar-refractivity contribution is 14.1. The Morgan fingerprint density at radius 1 is 1.29 bits per heavy atom. The molecule has 0 spiro atoms. The molecule has 1 aromatic carbocycles. The Balaban J connectivity index is 3.07. The van der Waals surface area contributed by atoms with Crippen molar-refractivity contribution >= 4 is 28.4 Å². The van der Waals surface area contributed by atoms with Crippen molar-refractivity contribution in [2.24, 2.45) is 0 Å². The maximum Gasteiger partial charge on any atom is 0.172 e. The Morgan fingerprint density at radius 2 is 1.93 bits per heavy atom. The van der Waals surface area contributed by atoms with Gasteiger partial charge in [-0.2, -0.15) is 0 Å². The van der Waals surface area contributed by atoms with Gasteiger partial charge in [-0.3, -0.25) is 4.79 Å². The first kappa shape index (κ1) is 11.3. The molecule has 0 amide bonds. The number of Topliss-reactive ketones (excluding diaryl/α,β-unsaturated/α-hetero) is 1. The van der Waals surface area contributed by atoms with Crippen LogP contribution in [0.2, 0.25) is 0 Å². The van der Waals surface area contributed by atoms with E-state index in [2.05, 4.69) is 0 Å². The molecule has 0 saturated carbocycles. The molecule has 0 aliphatic heterocycles. The van der Waals surface area contributed by atoms with Crippen LogP contribution < -0.4 is 9.47 Å². The van der Waals surface area contributed by atoms with Gasteiger partial charge < -0.3 is 9.47 Å². The van der Waals surface area contributed by atoms with E-state index in [4.69, 9.17) is 9.47 Å². The lowest BCUT2D eigenvalue weighted by Gasteiger charge is -2.08. The summed E-state index contributed by atoms with van der Waals surface area (Å²) >= 11 is 2.04. The van der Waals surface area contributed by atoms with Crippen molar-refractivity contribution in [3.8, 4) is 11.5 Å². The average molecular weight is 306 g/mol. The first-order chi connectivity index (χ1) is 6.72. The van der Waals surface area contributed by atoms with Crippen LogP contribution in [-0.2, 0) is 0 Å². The van der Waals surface area contributed by atoms with Gasteiger partial charge in [0.2, 0.25) is 0 Å². The number of halogens is 1. The third-order valence-electron chi connectivity index (χ3n) is 1.83. The molecule has 0 aliphatic carbocycles. The summed E-state index contributed by atoms with van der Waals surface area (Å²) in [6.45, 7) is 0. The lowest BCUT2D eigenvalue weighted by molar-refractivity contribution is 0.102. The van der Waals surface area contributed by atoms with E-state index < -0.39 is 0 Å². The zero-order valence-electron chi connectivity index (χ0n) is 8.04. The van der Waals surface area contributed by atoms with Gasteiger partial charge >= 0.3 is 0 Å². The number of rotatable bonds is 4. The fourth-order valence-corrected chi connectivity index (χ4v) is 1.53. The first-order valence-corrected chi connectivity index (χ1v) is 5.56. The van der Waals surface area contributed by atoms with Gasteiger partial charge in [0.25, 0.3) is 0 Å². The number of ketones is 1. The molecule has 76 valence electrons. The molecule has 0 saturated heterocycles. The molecule has 0 fully saturated rings. The summed E-state index contributed by atoms with van der Waals surface area (Å²) in [5, 5.41) is 0. The van der Waals surface area contributed by atoms with E-state index in [-0.39, 0.29) is 5.78 Å². The smallest absolute Gasteiger partial charge is 0.172 e. The van der Waals surface area contributed by atoms with Gasteiger partial charge in [-0.1, -0.05) is 22.6 Å². The summed E-state index contributed by atoms with van der Waals surface area (Å²) in [6.07, 6.45) is 0. The molecule has 4 heteroatoms. The summed E-state index contributed by atoms with van der Waals surface area (Å²) in [6, 6.07) is 5.17. The van der Waals surface area contributed by atoms with E-state index >= 15 is 0 Å². The molecule has 0 bridgehead atoms. The van der Waals surface area contributed by atoms with Crippen LogP contribution in [0.5, 0.6) is 11.5 Å². The molecule has 0 atom stereocenters. The van der Waals surface area contributed by atoms with Gasteiger partial charge in [-0.15, -0.1) is 0 Å². The summed E-state index contributed by atoms with van der Waals surface area (Å²) in [5.74, 6) is 1.31. The number of carbonyl (C=O) groups is 1. The Morgan fingerprint density at radius 3 is 2.43 bits per heavy atom. The third kappa shape index (κ3) is 2.37. The van der Waals surface area contributed by atoms with E-state index in [1.165, 1.54) is 0 Å². The van der Waals surface area contributed by atoms with E-state index in [9.17, 15) is 4.79 Å². The lowest BCUT2D eigenvalue weighted by atomic mass is 10.1. The van der Waals surface area contributed by atoms with Crippen molar-refractivity contribution < 1.29 is 14.3 Å². The highest BCUT2D eigenvalue weighted by Crippen LogP contribution is 2.27. The largest absolute Gasteiger partial charge is 0.493 e. The van der Waals surface area contributed by atoms with E-state index in [0.717, 1.165) is 0 Å². The van der Waals surface area contributed by atoms with Crippen LogP contribution in [0, 0.1) is 0 Å². The number of ether oxygens (including phenoxy) is 2. The van der Waals surface area contributed by atoms with Crippen LogP contribution in [0.15, 0.2) is 18.2 Å². The van der Waals surface area contributed by atoms with Gasteiger partial charge in [-0.05, 0) is 18.2 Å². The highest BCUT2D eigenvalue weighted by atomic mass is 127. The monoisotopic (exact) mass is 306 g/mol. The van der Waals surface area contributed by atoms with Crippen molar-refractivity contribution in [2.45, 2.75) is 0 Å². The molecule has 1 rings (SSSR count). The minimum absolute atomic E-state index is 0.0894. The SMILES string of the molecule is COc1ccc(C(=O)CI)cc1OC. The van der Waals surface area contributed by atoms with Gasteiger partial charge in [0.1, 0.15) is 0 Å². The second-order valence-electron chi connectivity index (χ2n) is 2.63. The molecule has 0 N–H and O–H groups in total. The summed E-state index contributed by atoms with van der Waals surface area (Å²) in [4.78, 5) is 11.4. The molecule has 0 aliphatic rings. The standard InChI is InChI=1S/C10H11IO3/c1-13-9-4-3-7(8(12)6-11)5-10(9)14-2/h3-5H,6H2,1-2H3. The number of carbonyl (C=O) groups excluding carboxylic acids is 1. The molecule has 0 radical (unpaired) electrons. The van der Waals surface area contributed by atoms with Crippen LogP contribution in [0.4, 0.5) is 0 Å². The quantitative estimate of drug-likeness (QED) is 0.486. The topological polar surface area (TPSA) is 35.5 Å². The number of benzene rings is 1. The van der Waals surface area contributed by atoms with Crippen molar-refractivity contribution in [3.63, 3.8) is 0 Å². The molecule has 14 heavy (non-hydrogen) atoms. The van der Waals surface area contributed by atoms with Crippen molar-refractivity contribution in [3.05, 3.63) is 23.8 Å². The van der Waals surface area contributed by atoms with Crippen LogP contribution in [-0.4, -0.2) is 24.4 Å². The Labute approximate surface area is 96.5 Å². The van der Waals surface area contributed by atoms with Gasteiger partial charge in [0.05, 0.1) is 18.6 Å². The van der Waals surface area contributed by atoms with Gasteiger partial charge in [-0.25, -0.2) is 0 Å². The van der Waals surface area contributed by atoms with Crippen LogP contribution >= 0.6 is 22.6 Å². The van der Waals surface area contributed by atoms with Crippen molar-refractivity contribution in [1.82, 2.24) is 0 Å². The minimum atomic E-state index is 0.0894. The molecule has 0 heterocycles. The highest BCUT2D eigenvalue weighted by Gasteiger charge is 2.08. The molecular formula is C10H11IO3. The normalized spacial score (nSPS) is 9.64. The number of hydrogen-bond donors (Lipinski definition) is 0. The van der Waals surface area contributed by atoms with Gasteiger partial charge in [0.15, 0.2) is 17.3 Å². The minimum Gasteiger partial charge on any atom is -0.493 e. The Bertz CT molecular complexity index is 336. The van der Waals surface area contributed by atoms with Gasteiger partial charge in [0, 0.05) is 5.56 Å². The summed E-state index contributed by atoms with van der Waals surface area (Å²) in [7, 11) is 3.12. The fourth-order valence-electron chi connectivity index (χ4n) is 1.09. The molecular weight excluding hydrogens is 295 g/mol. The Kier molecular flexibility index (Phi) is 4.19. The molecule has 1 aromatic rings. The van der Waals surface area contributed by atoms with Crippen molar-refractivity contribution in [1.29, 1.82) is 0 Å². The van der Waals surface area contributed by atoms with E-state index in [0.29, 0.717) is 21.5 Å². The molecule has 0 unspecified atom stereocenters. The number of methoxy groups -OCH3 is 2. The molecule has 0 aromatic heterocycles. The van der Waals surface area contributed by atoms with Crippen LogP contribution in [0.3, 0.4) is 0 Å². The number of hydrogen-bond acceptors (Lipinski definition) is 3. The Hall–Kier alpha value is -0.780. The van der Waals surface area contributed by atoms with E-state index in [1.54, 1.807) is 32.4 Å². The third-order valence-corrected chi connectivity index (χ3v) is 2.52. The predicted octanol–water partition coefficient (Wildman–Crippen LogP) is 2.32. The maximum atomic E-state index is 11.4. The molecule has 3 nitrogen and oxygen atoms in total. The second kappa shape index (κ2) is 5.19. The number of alkyl halides is 1. The lowest BCUT2D eigenvalue weighted by Crippen LogP contribution is -2.01. The van der Waals surface area contributed by atoms with E-state index in [1.807, 2.05) is 22.6 Å². The fraction of sp³-hybridized carbons (Fsp3) is 0.300. The zero-order valence-corrected chi connectivity index (χ0v) is 10.2. The first-order valence-electron chi connectivity index (χ1n) is 4.04. The van der Waals surface area contributed by atoms with Crippen LogP contribution in [0.25, 0.3) is 0 Å². The maximum absolute atomic E-state index is 11.4. The summed E-state index contributed by atoms with van der Waals surface area (Å²) in [5.41, 5.74) is 0.650. The van der Waals surface area contributed by atoms with Crippen LogP contribution in [0.1, 0.15) is 10.4 Å². The van der Waals surface area contributed by atoms with Crippen molar-refractivity contribution in [2.75, 3.05) is 18.6 Å². The predicted molar refractivity (Wildman–Crippen MR) is 62.8 cm³/mol. The average Bonchev–Trinajstić information content (AvgIpc) is 2.26. The summed E-state index contributed by atoms with van der Waals surface area (Å²) < 4.78 is 10.6. The zero-order chi connectivity index (χ0) is 10.6.